The molecule has 1 unspecified atom stereocenters. The molecular formula is C17H20ClNO. The first-order valence-electron chi connectivity index (χ1n) is 6.66. The lowest BCUT2D eigenvalue weighted by molar-refractivity contribution is 0.408. The van der Waals surface area contributed by atoms with Crippen molar-refractivity contribution in [2.75, 3.05) is 7.11 Å². The Morgan fingerprint density at radius 2 is 1.90 bits per heavy atom. The van der Waals surface area contributed by atoms with E-state index in [1.54, 1.807) is 7.11 Å². The van der Waals surface area contributed by atoms with Crippen LogP contribution in [0.25, 0.3) is 0 Å². The van der Waals surface area contributed by atoms with Crippen LogP contribution in [0.15, 0.2) is 36.4 Å². The van der Waals surface area contributed by atoms with Gasteiger partial charge in [-0.25, -0.2) is 0 Å². The second-order valence-corrected chi connectivity index (χ2v) is 5.56. The van der Waals surface area contributed by atoms with Gasteiger partial charge >= 0.3 is 0 Å². The van der Waals surface area contributed by atoms with Crippen molar-refractivity contribution in [2.24, 2.45) is 5.73 Å². The fraction of sp³-hybridized carbons (Fsp3) is 0.294. The molecule has 2 N–H and O–H groups in total. The minimum absolute atomic E-state index is 0.0667. The minimum Gasteiger partial charge on any atom is -0.496 e. The summed E-state index contributed by atoms with van der Waals surface area (Å²) in [6, 6.07) is 11.9. The summed E-state index contributed by atoms with van der Waals surface area (Å²) < 4.78 is 5.41. The molecule has 0 bridgehead atoms. The zero-order chi connectivity index (χ0) is 14.7. The molecule has 20 heavy (non-hydrogen) atoms. The van der Waals surface area contributed by atoms with E-state index in [-0.39, 0.29) is 6.04 Å². The van der Waals surface area contributed by atoms with Crippen LogP contribution in [0, 0.1) is 13.8 Å². The van der Waals surface area contributed by atoms with Gasteiger partial charge in [-0.2, -0.15) is 0 Å². The van der Waals surface area contributed by atoms with Gasteiger partial charge < -0.3 is 10.5 Å². The van der Waals surface area contributed by atoms with Crippen molar-refractivity contribution in [3.05, 3.63) is 63.7 Å². The summed E-state index contributed by atoms with van der Waals surface area (Å²) >= 11 is 5.99. The van der Waals surface area contributed by atoms with Crippen molar-refractivity contribution in [3.8, 4) is 5.75 Å². The third-order valence-electron chi connectivity index (χ3n) is 3.51. The van der Waals surface area contributed by atoms with Crippen molar-refractivity contribution in [1.29, 1.82) is 0 Å². The van der Waals surface area contributed by atoms with Crippen molar-refractivity contribution >= 4 is 11.6 Å². The van der Waals surface area contributed by atoms with Crippen molar-refractivity contribution < 1.29 is 4.74 Å². The Kier molecular flexibility index (Phi) is 4.69. The molecule has 0 aliphatic carbocycles. The zero-order valence-corrected chi connectivity index (χ0v) is 12.9. The molecule has 0 fully saturated rings. The highest BCUT2D eigenvalue weighted by atomic mass is 35.5. The van der Waals surface area contributed by atoms with Gasteiger partial charge in [-0.05, 0) is 55.2 Å². The topological polar surface area (TPSA) is 35.2 Å². The molecule has 0 saturated heterocycles. The predicted molar refractivity (Wildman–Crippen MR) is 84.6 cm³/mol. The molecule has 0 aromatic heterocycles. The zero-order valence-electron chi connectivity index (χ0n) is 12.1. The normalized spacial score (nSPS) is 12.2. The van der Waals surface area contributed by atoms with Crippen LogP contribution in [0.3, 0.4) is 0 Å². The Bertz CT molecular complexity index is 610. The molecule has 2 nitrogen and oxygen atoms in total. The van der Waals surface area contributed by atoms with Gasteiger partial charge in [0.2, 0.25) is 0 Å². The molecule has 0 heterocycles. The summed E-state index contributed by atoms with van der Waals surface area (Å²) in [4.78, 5) is 0. The minimum atomic E-state index is -0.0667. The van der Waals surface area contributed by atoms with E-state index in [4.69, 9.17) is 22.1 Å². The maximum Gasteiger partial charge on any atom is 0.122 e. The first kappa shape index (κ1) is 14.9. The SMILES string of the molecule is COc1ccc(C)cc1CC(N)c1ccc(Cl)cc1C. The summed E-state index contributed by atoms with van der Waals surface area (Å²) in [5.41, 5.74) is 10.9. The van der Waals surface area contributed by atoms with Gasteiger partial charge in [0.1, 0.15) is 5.75 Å². The van der Waals surface area contributed by atoms with E-state index in [0.29, 0.717) is 0 Å². The number of aryl methyl sites for hydroxylation is 2. The third-order valence-corrected chi connectivity index (χ3v) is 3.74. The molecule has 2 aromatic rings. The summed E-state index contributed by atoms with van der Waals surface area (Å²) in [5, 5.41) is 0.742. The molecule has 3 heteroatoms. The second kappa shape index (κ2) is 6.29. The van der Waals surface area contributed by atoms with Crippen LogP contribution in [0.4, 0.5) is 0 Å². The first-order chi connectivity index (χ1) is 9.51. The van der Waals surface area contributed by atoms with E-state index in [9.17, 15) is 0 Å². The summed E-state index contributed by atoms with van der Waals surface area (Å²) in [6.07, 6.45) is 0.743. The lowest BCUT2D eigenvalue weighted by Crippen LogP contribution is -2.15. The summed E-state index contributed by atoms with van der Waals surface area (Å²) in [6.45, 7) is 4.11. The molecule has 2 aromatic carbocycles. The Balaban J connectivity index is 2.27. The fourth-order valence-corrected chi connectivity index (χ4v) is 2.70. The van der Waals surface area contributed by atoms with E-state index in [0.717, 1.165) is 33.9 Å². The van der Waals surface area contributed by atoms with Crippen LogP contribution in [-0.2, 0) is 6.42 Å². The number of benzene rings is 2. The predicted octanol–water partition coefficient (Wildman–Crippen LogP) is 4.21. The maximum atomic E-state index is 6.35. The van der Waals surface area contributed by atoms with Crippen LogP contribution >= 0.6 is 11.6 Å². The fourth-order valence-electron chi connectivity index (χ4n) is 2.47. The molecule has 0 amide bonds. The van der Waals surface area contributed by atoms with Crippen molar-refractivity contribution in [3.63, 3.8) is 0 Å². The van der Waals surface area contributed by atoms with E-state index in [1.165, 1.54) is 5.56 Å². The van der Waals surface area contributed by atoms with Gasteiger partial charge in [0.15, 0.2) is 0 Å². The van der Waals surface area contributed by atoms with E-state index >= 15 is 0 Å². The van der Waals surface area contributed by atoms with Gasteiger partial charge in [-0.3, -0.25) is 0 Å². The molecule has 0 aliphatic heterocycles. The van der Waals surface area contributed by atoms with E-state index < -0.39 is 0 Å². The van der Waals surface area contributed by atoms with Gasteiger partial charge in [0.25, 0.3) is 0 Å². The maximum absolute atomic E-state index is 6.35. The molecule has 2 rings (SSSR count). The number of halogens is 1. The van der Waals surface area contributed by atoms with Crippen LogP contribution in [0.2, 0.25) is 5.02 Å². The largest absolute Gasteiger partial charge is 0.496 e. The van der Waals surface area contributed by atoms with Gasteiger partial charge in [0.05, 0.1) is 7.11 Å². The smallest absolute Gasteiger partial charge is 0.122 e. The number of ether oxygens (including phenoxy) is 1. The molecule has 0 spiro atoms. The Labute approximate surface area is 125 Å². The molecule has 0 aliphatic rings. The number of hydrogen-bond donors (Lipinski definition) is 1. The summed E-state index contributed by atoms with van der Waals surface area (Å²) in [7, 11) is 1.69. The highest BCUT2D eigenvalue weighted by molar-refractivity contribution is 6.30. The van der Waals surface area contributed by atoms with E-state index in [2.05, 4.69) is 13.0 Å². The number of rotatable bonds is 4. The van der Waals surface area contributed by atoms with Crippen molar-refractivity contribution in [2.45, 2.75) is 26.3 Å². The van der Waals surface area contributed by atoms with Crippen LogP contribution in [0.5, 0.6) is 5.75 Å². The lowest BCUT2D eigenvalue weighted by atomic mass is 9.95. The monoisotopic (exact) mass is 289 g/mol. The molecular weight excluding hydrogens is 270 g/mol. The van der Waals surface area contributed by atoms with Gasteiger partial charge in [-0.1, -0.05) is 35.4 Å². The highest BCUT2D eigenvalue weighted by Gasteiger charge is 2.13. The Hall–Kier alpha value is -1.51. The summed E-state index contributed by atoms with van der Waals surface area (Å²) in [5.74, 6) is 0.887. The second-order valence-electron chi connectivity index (χ2n) is 5.13. The average Bonchev–Trinajstić information content (AvgIpc) is 2.38. The number of nitrogens with two attached hydrogens (primary N) is 1. The molecule has 0 saturated carbocycles. The highest BCUT2D eigenvalue weighted by Crippen LogP contribution is 2.27. The van der Waals surface area contributed by atoms with Crippen molar-refractivity contribution in [1.82, 2.24) is 0 Å². The lowest BCUT2D eigenvalue weighted by Gasteiger charge is -2.17. The van der Waals surface area contributed by atoms with Crippen LogP contribution in [-0.4, -0.2) is 7.11 Å². The Morgan fingerprint density at radius 1 is 1.15 bits per heavy atom. The average molecular weight is 290 g/mol. The number of hydrogen-bond acceptors (Lipinski definition) is 2. The van der Waals surface area contributed by atoms with Crippen LogP contribution in [0.1, 0.15) is 28.3 Å². The third kappa shape index (κ3) is 3.33. The van der Waals surface area contributed by atoms with E-state index in [1.807, 2.05) is 37.3 Å². The first-order valence-corrected chi connectivity index (χ1v) is 7.04. The standard InChI is InChI=1S/C17H20ClNO/c1-11-4-7-17(20-3)13(8-11)10-16(19)15-6-5-14(18)9-12(15)2/h4-9,16H,10,19H2,1-3H3. The molecule has 0 radical (unpaired) electrons. The molecule has 1 atom stereocenters. The van der Waals surface area contributed by atoms with Gasteiger partial charge in [-0.15, -0.1) is 0 Å². The van der Waals surface area contributed by atoms with Crippen LogP contribution < -0.4 is 10.5 Å². The molecule has 106 valence electrons. The quantitative estimate of drug-likeness (QED) is 0.915. The van der Waals surface area contributed by atoms with Gasteiger partial charge in [0, 0.05) is 11.1 Å². The Morgan fingerprint density at radius 3 is 2.55 bits per heavy atom. The number of methoxy groups -OCH3 is 1.